The van der Waals surface area contributed by atoms with Crippen LogP contribution in [-0.2, 0) is 9.53 Å². The van der Waals surface area contributed by atoms with E-state index in [1.807, 2.05) is 19.9 Å². The number of nitrogens with zero attached hydrogens (tertiary/aromatic N) is 1. The van der Waals surface area contributed by atoms with E-state index in [0.717, 1.165) is 24.5 Å². The van der Waals surface area contributed by atoms with Crippen LogP contribution < -0.4 is 5.32 Å². The Morgan fingerprint density at radius 3 is 2.86 bits per heavy atom. The minimum atomic E-state index is -0.179. The minimum Gasteiger partial charge on any atom is -0.381 e. The predicted molar refractivity (Wildman–Crippen MR) is 82.6 cm³/mol. The summed E-state index contributed by atoms with van der Waals surface area (Å²) in [7, 11) is 0. The highest BCUT2D eigenvalue weighted by molar-refractivity contribution is 7.13. The van der Waals surface area contributed by atoms with Gasteiger partial charge >= 0.3 is 0 Å². The number of likely N-dealkylation sites (N-methyl/N-ethyl adjacent to an activating group) is 1. The first-order chi connectivity index (χ1) is 10.1. The highest BCUT2D eigenvalue weighted by atomic mass is 32.1. The number of carbonyl (C=O) groups is 2. The SMILES string of the molecule is CCN(C[C@H]1CCOC1)C(=O)CNC(=O)c1ccc(C)s1. The second-order valence-electron chi connectivity index (χ2n) is 5.25. The molecule has 5 nitrogen and oxygen atoms in total. The number of ether oxygens (including phenoxy) is 1. The Balaban J connectivity index is 1.80. The van der Waals surface area contributed by atoms with E-state index >= 15 is 0 Å². The van der Waals surface area contributed by atoms with Gasteiger partial charge in [-0.05, 0) is 32.4 Å². The van der Waals surface area contributed by atoms with Crippen LogP contribution in [0.3, 0.4) is 0 Å². The van der Waals surface area contributed by atoms with Gasteiger partial charge < -0.3 is 15.0 Å². The maximum atomic E-state index is 12.2. The molecule has 0 aromatic carbocycles. The minimum absolute atomic E-state index is 0.0361. The number of amides is 2. The maximum Gasteiger partial charge on any atom is 0.261 e. The van der Waals surface area contributed by atoms with Crippen molar-refractivity contribution in [2.45, 2.75) is 20.3 Å². The molecule has 1 saturated heterocycles. The molecule has 0 bridgehead atoms. The van der Waals surface area contributed by atoms with Crippen molar-refractivity contribution in [1.82, 2.24) is 10.2 Å². The predicted octanol–water partition coefficient (Wildman–Crippen LogP) is 1.67. The zero-order valence-electron chi connectivity index (χ0n) is 12.6. The van der Waals surface area contributed by atoms with Crippen LogP contribution in [-0.4, -0.2) is 49.6 Å². The third-order valence-corrected chi connectivity index (χ3v) is 4.60. The van der Waals surface area contributed by atoms with E-state index in [4.69, 9.17) is 4.74 Å². The number of aryl methyl sites for hydroxylation is 1. The Morgan fingerprint density at radius 1 is 1.48 bits per heavy atom. The molecule has 1 aromatic heterocycles. The summed E-state index contributed by atoms with van der Waals surface area (Å²) in [5.74, 6) is 0.206. The molecular formula is C15H22N2O3S. The smallest absolute Gasteiger partial charge is 0.261 e. The third-order valence-electron chi connectivity index (χ3n) is 3.60. The van der Waals surface area contributed by atoms with E-state index in [-0.39, 0.29) is 18.4 Å². The number of nitrogens with one attached hydrogen (secondary N) is 1. The second-order valence-corrected chi connectivity index (χ2v) is 6.54. The lowest BCUT2D eigenvalue weighted by atomic mass is 10.1. The van der Waals surface area contributed by atoms with Gasteiger partial charge in [0.1, 0.15) is 0 Å². The van der Waals surface area contributed by atoms with Crippen LogP contribution in [0.5, 0.6) is 0 Å². The fraction of sp³-hybridized carbons (Fsp3) is 0.600. The van der Waals surface area contributed by atoms with Crippen LogP contribution in [0.15, 0.2) is 12.1 Å². The highest BCUT2D eigenvalue weighted by Gasteiger charge is 2.21. The first-order valence-corrected chi connectivity index (χ1v) is 8.12. The summed E-state index contributed by atoms with van der Waals surface area (Å²) in [6.07, 6.45) is 1.00. The van der Waals surface area contributed by atoms with Gasteiger partial charge in [0.05, 0.1) is 18.0 Å². The van der Waals surface area contributed by atoms with Crippen molar-refractivity contribution in [3.05, 3.63) is 21.9 Å². The normalized spacial score (nSPS) is 17.7. The van der Waals surface area contributed by atoms with E-state index in [1.165, 1.54) is 11.3 Å². The summed E-state index contributed by atoms with van der Waals surface area (Å²) >= 11 is 1.43. The van der Waals surface area contributed by atoms with Gasteiger partial charge in [0.2, 0.25) is 5.91 Å². The van der Waals surface area contributed by atoms with Crippen LogP contribution in [0.2, 0.25) is 0 Å². The van der Waals surface area contributed by atoms with Crippen molar-refractivity contribution < 1.29 is 14.3 Å². The van der Waals surface area contributed by atoms with Gasteiger partial charge in [-0.15, -0.1) is 11.3 Å². The molecule has 0 spiro atoms. The average Bonchev–Trinajstić information content (AvgIpc) is 3.13. The Hall–Kier alpha value is -1.40. The summed E-state index contributed by atoms with van der Waals surface area (Å²) in [5.41, 5.74) is 0. The molecular weight excluding hydrogens is 288 g/mol. The first kappa shape index (κ1) is 16.0. The standard InChI is InChI=1S/C15H22N2O3S/c1-3-17(9-12-6-7-20-10-12)14(18)8-16-15(19)13-5-4-11(2)21-13/h4-5,12H,3,6-10H2,1-2H3,(H,16,19)/t12-/m1/s1. The van der Waals surface area contributed by atoms with Gasteiger partial charge in [-0.2, -0.15) is 0 Å². The second kappa shape index (κ2) is 7.56. The van der Waals surface area contributed by atoms with Crippen LogP contribution in [0.25, 0.3) is 0 Å². The monoisotopic (exact) mass is 310 g/mol. The first-order valence-electron chi connectivity index (χ1n) is 7.30. The summed E-state index contributed by atoms with van der Waals surface area (Å²) < 4.78 is 5.33. The van der Waals surface area contributed by atoms with Crippen molar-refractivity contribution in [3.8, 4) is 0 Å². The molecule has 1 N–H and O–H groups in total. The lowest BCUT2D eigenvalue weighted by molar-refractivity contribution is -0.130. The van der Waals surface area contributed by atoms with E-state index in [0.29, 0.717) is 23.9 Å². The van der Waals surface area contributed by atoms with Gasteiger partial charge in [-0.1, -0.05) is 0 Å². The van der Waals surface area contributed by atoms with Gasteiger partial charge in [0.25, 0.3) is 5.91 Å². The van der Waals surface area contributed by atoms with Crippen LogP contribution in [0, 0.1) is 12.8 Å². The molecule has 116 valence electrons. The van der Waals surface area contributed by atoms with Crippen LogP contribution in [0.1, 0.15) is 27.9 Å². The lowest BCUT2D eigenvalue weighted by Gasteiger charge is -2.23. The highest BCUT2D eigenvalue weighted by Crippen LogP contribution is 2.15. The number of hydrogen-bond donors (Lipinski definition) is 1. The molecule has 6 heteroatoms. The lowest BCUT2D eigenvalue weighted by Crippen LogP contribution is -2.42. The van der Waals surface area contributed by atoms with Crippen LogP contribution in [0.4, 0.5) is 0 Å². The number of hydrogen-bond acceptors (Lipinski definition) is 4. The number of rotatable bonds is 6. The van der Waals surface area contributed by atoms with Crippen molar-refractivity contribution in [2.75, 3.05) is 32.8 Å². The van der Waals surface area contributed by atoms with E-state index in [1.54, 1.807) is 11.0 Å². The summed E-state index contributed by atoms with van der Waals surface area (Å²) in [6, 6.07) is 3.69. The van der Waals surface area contributed by atoms with Crippen molar-refractivity contribution in [1.29, 1.82) is 0 Å². The largest absolute Gasteiger partial charge is 0.381 e. The molecule has 1 fully saturated rings. The van der Waals surface area contributed by atoms with Gasteiger partial charge in [-0.3, -0.25) is 9.59 Å². The number of thiophene rings is 1. The van der Waals surface area contributed by atoms with E-state index in [2.05, 4.69) is 5.32 Å². The van der Waals surface area contributed by atoms with Crippen molar-refractivity contribution in [3.63, 3.8) is 0 Å². The average molecular weight is 310 g/mol. The van der Waals surface area contributed by atoms with E-state index < -0.39 is 0 Å². The molecule has 0 saturated carbocycles. The Bertz CT molecular complexity index is 495. The molecule has 2 heterocycles. The van der Waals surface area contributed by atoms with Crippen LogP contribution >= 0.6 is 11.3 Å². The molecule has 0 radical (unpaired) electrons. The topological polar surface area (TPSA) is 58.6 Å². The van der Waals surface area contributed by atoms with E-state index in [9.17, 15) is 9.59 Å². The van der Waals surface area contributed by atoms with Gasteiger partial charge in [0.15, 0.2) is 0 Å². The number of carbonyl (C=O) groups excluding carboxylic acids is 2. The van der Waals surface area contributed by atoms with Gasteiger partial charge in [-0.25, -0.2) is 0 Å². The van der Waals surface area contributed by atoms with Crippen molar-refractivity contribution in [2.24, 2.45) is 5.92 Å². The van der Waals surface area contributed by atoms with Crippen molar-refractivity contribution >= 4 is 23.2 Å². The molecule has 1 aromatic rings. The molecule has 21 heavy (non-hydrogen) atoms. The maximum absolute atomic E-state index is 12.2. The molecule has 1 aliphatic heterocycles. The molecule has 0 unspecified atom stereocenters. The Labute approximate surface area is 129 Å². The summed E-state index contributed by atoms with van der Waals surface area (Å²) in [6.45, 7) is 6.84. The zero-order chi connectivity index (χ0) is 15.2. The summed E-state index contributed by atoms with van der Waals surface area (Å²) in [5, 5.41) is 2.70. The molecule has 2 rings (SSSR count). The molecule has 1 aliphatic rings. The molecule has 0 aliphatic carbocycles. The molecule has 2 amide bonds. The summed E-state index contributed by atoms with van der Waals surface area (Å²) in [4.78, 5) is 27.6. The Morgan fingerprint density at radius 2 is 2.29 bits per heavy atom. The Kier molecular flexibility index (Phi) is 5.76. The fourth-order valence-electron chi connectivity index (χ4n) is 2.36. The molecule has 1 atom stereocenters. The fourth-order valence-corrected chi connectivity index (χ4v) is 3.14. The van der Waals surface area contributed by atoms with Gasteiger partial charge in [0, 0.05) is 30.5 Å². The quantitative estimate of drug-likeness (QED) is 0.869. The third kappa shape index (κ3) is 4.54. The zero-order valence-corrected chi connectivity index (χ0v) is 13.4.